The van der Waals surface area contributed by atoms with Crippen LogP contribution in [0.25, 0.3) is 0 Å². The van der Waals surface area contributed by atoms with Crippen molar-refractivity contribution in [1.82, 2.24) is 15.1 Å². The molecule has 0 aromatic heterocycles. The molecule has 2 heterocycles. The van der Waals surface area contributed by atoms with Crippen LogP contribution in [0, 0.1) is 0 Å². The van der Waals surface area contributed by atoms with Gasteiger partial charge >= 0.3 is 0 Å². The molecule has 106 valence electrons. The van der Waals surface area contributed by atoms with Crippen molar-refractivity contribution in [1.29, 1.82) is 0 Å². The van der Waals surface area contributed by atoms with Gasteiger partial charge in [0.25, 0.3) is 0 Å². The molecule has 2 saturated heterocycles. The minimum absolute atomic E-state index is 0.0282. The molecule has 0 radical (unpaired) electrons. The highest BCUT2D eigenvalue weighted by molar-refractivity contribution is 5.98. The third kappa shape index (κ3) is 2.24. The molecule has 0 bridgehead atoms. The van der Waals surface area contributed by atoms with Crippen molar-refractivity contribution in [3.05, 3.63) is 0 Å². The standard InChI is InChI=1S/C14H23N3O2/c1-16-8-4-11(5-9-16)17-10-12(18)15-14(13(17)19)6-2-3-7-14/h11H,2-10H2,1H3,(H,15,18). The first-order valence-electron chi connectivity index (χ1n) is 7.41. The van der Waals surface area contributed by atoms with E-state index in [-0.39, 0.29) is 24.4 Å². The molecule has 0 aromatic rings. The second kappa shape index (κ2) is 4.78. The van der Waals surface area contributed by atoms with Crippen LogP contribution in [-0.2, 0) is 9.59 Å². The summed E-state index contributed by atoms with van der Waals surface area (Å²) in [6, 6.07) is 0.257. The number of piperidine rings is 1. The van der Waals surface area contributed by atoms with Crippen molar-refractivity contribution in [2.24, 2.45) is 0 Å². The fourth-order valence-electron chi connectivity index (χ4n) is 3.78. The van der Waals surface area contributed by atoms with Crippen molar-refractivity contribution in [3.63, 3.8) is 0 Å². The molecule has 19 heavy (non-hydrogen) atoms. The van der Waals surface area contributed by atoms with Gasteiger partial charge in [0.15, 0.2) is 0 Å². The summed E-state index contributed by atoms with van der Waals surface area (Å²) in [7, 11) is 2.11. The predicted octanol–water partition coefficient (Wildman–Crippen LogP) is 0.352. The second-order valence-corrected chi connectivity index (χ2v) is 6.30. The second-order valence-electron chi connectivity index (χ2n) is 6.30. The molecule has 3 rings (SSSR count). The first kappa shape index (κ1) is 12.9. The quantitative estimate of drug-likeness (QED) is 0.744. The summed E-state index contributed by atoms with van der Waals surface area (Å²) in [6.45, 7) is 2.29. The van der Waals surface area contributed by atoms with E-state index in [4.69, 9.17) is 0 Å². The summed E-state index contributed by atoms with van der Waals surface area (Å²) in [5, 5.41) is 2.98. The van der Waals surface area contributed by atoms with Gasteiger partial charge < -0.3 is 15.1 Å². The van der Waals surface area contributed by atoms with Crippen molar-refractivity contribution >= 4 is 11.8 Å². The normalized spacial score (nSPS) is 29.0. The van der Waals surface area contributed by atoms with Gasteiger partial charge in [0.2, 0.25) is 11.8 Å². The lowest BCUT2D eigenvalue weighted by Gasteiger charge is -2.45. The Kier molecular flexibility index (Phi) is 3.25. The van der Waals surface area contributed by atoms with E-state index < -0.39 is 5.54 Å². The Labute approximate surface area is 114 Å². The Balaban J connectivity index is 1.77. The number of hydrogen-bond donors (Lipinski definition) is 1. The van der Waals surface area contributed by atoms with E-state index in [1.807, 2.05) is 4.90 Å². The maximum absolute atomic E-state index is 12.8. The van der Waals surface area contributed by atoms with E-state index in [1.165, 1.54) is 0 Å². The molecule has 0 aromatic carbocycles. The van der Waals surface area contributed by atoms with Gasteiger partial charge in [-0.3, -0.25) is 9.59 Å². The van der Waals surface area contributed by atoms with E-state index >= 15 is 0 Å². The number of nitrogens with one attached hydrogen (secondary N) is 1. The number of hydrogen-bond acceptors (Lipinski definition) is 3. The number of carbonyl (C=O) groups excluding carboxylic acids is 2. The number of rotatable bonds is 1. The number of carbonyl (C=O) groups is 2. The van der Waals surface area contributed by atoms with Gasteiger partial charge in [-0.25, -0.2) is 0 Å². The summed E-state index contributed by atoms with van der Waals surface area (Å²) in [6.07, 6.45) is 5.72. The van der Waals surface area contributed by atoms with E-state index in [2.05, 4.69) is 17.3 Å². The molecule has 3 fully saturated rings. The lowest BCUT2D eigenvalue weighted by molar-refractivity contribution is -0.153. The van der Waals surface area contributed by atoms with Crippen LogP contribution < -0.4 is 5.32 Å². The van der Waals surface area contributed by atoms with Crippen LogP contribution in [0.15, 0.2) is 0 Å². The van der Waals surface area contributed by atoms with Crippen LogP contribution in [0.4, 0.5) is 0 Å². The summed E-state index contributed by atoms with van der Waals surface area (Å²) < 4.78 is 0. The molecule has 1 saturated carbocycles. The number of piperazine rings is 1. The zero-order valence-electron chi connectivity index (χ0n) is 11.7. The van der Waals surface area contributed by atoms with Gasteiger partial charge in [0.1, 0.15) is 5.54 Å². The van der Waals surface area contributed by atoms with Gasteiger partial charge in [-0.1, -0.05) is 12.8 Å². The third-order valence-corrected chi connectivity index (χ3v) is 4.95. The molecule has 2 amide bonds. The molecule has 5 nitrogen and oxygen atoms in total. The maximum Gasteiger partial charge on any atom is 0.249 e. The first-order valence-corrected chi connectivity index (χ1v) is 7.41. The predicted molar refractivity (Wildman–Crippen MR) is 71.6 cm³/mol. The molecule has 5 heteroatoms. The lowest BCUT2D eigenvalue weighted by Crippen LogP contribution is -2.67. The SMILES string of the molecule is CN1CCC(N2CC(=O)NC3(CCCC3)C2=O)CC1. The van der Waals surface area contributed by atoms with Crippen molar-refractivity contribution < 1.29 is 9.59 Å². The molecule has 1 aliphatic carbocycles. The number of nitrogens with zero attached hydrogens (tertiary/aromatic N) is 2. The largest absolute Gasteiger partial charge is 0.340 e. The molecule has 1 spiro atoms. The Morgan fingerprint density at radius 1 is 1.16 bits per heavy atom. The van der Waals surface area contributed by atoms with Crippen LogP contribution in [-0.4, -0.2) is 59.9 Å². The van der Waals surface area contributed by atoms with Gasteiger partial charge in [-0.15, -0.1) is 0 Å². The van der Waals surface area contributed by atoms with Gasteiger partial charge in [0.05, 0.1) is 6.54 Å². The molecule has 0 unspecified atom stereocenters. The fourth-order valence-corrected chi connectivity index (χ4v) is 3.78. The van der Waals surface area contributed by atoms with Crippen LogP contribution in [0.1, 0.15) is 38.5 Å². The van der Waals surface area contributed by atoms with E-state index in [0.717, 1.165) is 51.6 Å². The topological polar surface area (TPSA) is 52.6 Å². The Morgan fingerprint density at radius 3 is 2.42 bits per heavy atom. The maximum atomic E-state index is 12.8. The molecule has 0 atom stereocenters. The van der Waals surface area contributed by atoms with Gasteiger partial charge in [-0.2, -0.15) is 0 Å². The fraction of sp³-hybridized carbons (Fsp3) is 0.857. The third-order valence-electron chi connectivity index (χ3n) is 4.95. The summed E-state index contributed by atoms with van der Waals surface area (Å²) in [5.41, 5.74) is -0.557. The average Bonchev–Trinajstić information content (AvgIpc) is 2.84. The highest BCUT2D eigenvalue weighted by Crippen LogP contribution is 2.34. The highest BCUT2D eigenvalue weighted by atomic mass is 16.2. The van der Waals surface area contributed by atoms with E-state index in [0.29, 0.717) is 0 Å². The number of amides is 2. The smallest absolute Gasteiger partial charge is 0.249 e. The summed E-state index contributed by atoms with van der Waals surface area (Å²) >= 11 is 0. The van der Waals surface area contributed by atoms with Crippen molar-refractivity contribution in [3.8, 4) is 0 Å². The number of likely N-dealkylation sites (tertiary alicyclic amines) is 1. The average molecular weight is 265 g/mol. The van der Waals surface area contributed by atoms with Crippen LogP contribution in [0.2, 0.25) is 0 Å². The van der Waals surface area contributed by atoms with Crippen LogP contribution in [0.5, 0.6) is 0 Å². The zero-order chi connectivity index (χ0) is 13.5. The molecule has 2 aliphatic heterocycles. The Morgan fingerprint density at radius 2 is 1.79 bits per heavy atom. The first-order chi connectivity index (χ1) is 9.11. The van der Waals surface area contributed by atoms with E-state index in [1.54, 1.807) is 0 Å². The highest BCUT2D eigenvalue weighted by Gasteiger charge is 2.49. The van der Waals surface area contributed by atoms with Gasteiger partial charge in [-0.05, 0) is 45.8 Å². The Bertz CT molecular complexity index is 382. The summed E-state index contributed by atoms with van der Waals surface area (Å²) in [4.78, 5) is 28.9. The lowest BCUT2D eigenvalue weighted by atomic mass is 9.90. The summed E-state index contributed by atoms with van der Waals surface area (Å²) in [5.74, 6) is 0.208. The van der Waals surface area contributed by atoms with Gasteiger partial charge in [0, 0.05) is 6.04 Å². The molecular weight excluding hydrogens is 242 g/mol. The minimum atomic E-state index is -0.557. The van der Waals surface area contributed by atoms with Crippen molar-refractivity contribution in [2.45, 2.75) is 50.1 Å². The van der Waals surface area contributed by atoms with Crippen molar-refractivity contribution in [2.75, 3.05) is 26.7 Å². The zero-order valence-corrected chi connectivity index (χ0v) is 11.7. The Hall–Kier alpha value is -1.10. The molecular formula is C14H23N3O2. The minimum Gasteiger partial charge on any atom is -0.340 e. The monoisotopic (exact) mass is 265 g/mol. The molecule has 3 aliphatic rings. The van der Waals surface area contributed by atoms with Crippen LogP contribution >= 0.6 is 0 Å². The molecule has 1 N–H and O–H groups in total. The van der Waals surface area contributed by atoms with Crippen LogP contribution in [0.3, 0.4) is 0 Å². The van der Waals surface area contributed by atoms with E-state index in [9.17, 15) is 9.59 Å².